The van der Waals surface area contributed by atoms with Gasteiger partial charge in [0, 0.05) is 37.9 Å². The number of ether oxygens (including phenoxy) is 1. The number of benzene rings is 4. The predicted molar refractivity (Wildman–Crippen MR) is 143 cm³/mol. The topological polar surface area (TPSA) is 55.4 Å². The van der Waals surface area contributed by atoms with Crippen molar-refractivity contribution in [3.63, 3.8) is 0 Å². The molecule has 0 saturated heterocycles. The first-order valence-corrected chi connectivity index (χ1v) is 12.4. The van der Waals surface area contributed by atoms with E-state index in [2.05, 4.69) is 36.5 Å². The zero-order chi connectivity index (χ0) is 24.8. The lowest BCUT2D eigenvalue weighted by Gasteiger charge is -2.13. The summed E-state index contributed by atoms with van der Waals surface area (Å²) in [5.41, 5.74) is 3.84. The van der Waals surface area contributed by atoms with Crippen LogP contribution in [0.1, 0.15) is 37.4 Å². The summed E-state index contributed by atoms with van der Waals surface area (Å²) in [6.45, 7) is 2.05. The number of nitrogens with one attached hydrogen (secondary N) is 1. The SMILES string of the molecule is COc1ccc(C(=O)Nc2ccc(Cl)cc2C(=O)c2ccccc2)cc1CSc1ccc(C)cc1. The third kappa shape index (κ3) is 6.13. The van der Waals surface area contributed by atoms with Crippen LogP contribution in [0.15, 0.2) is 95.9 Å². The zero-order valence-corrected chi connectivity index (χ0v) is 21.0. The van der Waals surface area contributed by atoms with Gasteiger partial charge in [0.2, 0.25) is 0 Å². The number of rotatable bonds is 8. The largest absolute Gasteiger partial charge is 0.496 e. The molecular weight excluding hydrogens is 478 g/mol. The summed E-state index contributed by atoms with van der Waals surface area (Å²) in [4.78, 5) is 27.4. The summed E-state index contributed by atoms with van der Waals surface area (Å²) in [5, 5.41) is 3.30. The molecule has 0 radical (unpaired) electrons. The molecule has 0 saturated carbocycles. The fourth-order valence-corrected chi connectivity index (χ4v) is 4.63. The highest BCUT2D eigenvalue weighted by Crippen LogP contribution is 2.30. The van der Waals surface area contributed by atoms with E-state index in [4.69, 9.17) is 16.3 Å². The average molecular weight is 502 g/mol. The van der Waals surface area contributed by atoms with Crippen LogP contribution in [0.5, 0.6) is 5.75 Å². The van der Waals surface area contributed by atoms with Crippen LogP contribution < -0.4 is 10.1 Å². The van der Waals surface area contributed by atoms with Gasteiger partial charge in [0.15, 0.2) is 5.78 Å². The Labute approximate surface area is 214 Å². The van der Waals surface area contributed by atoms with Crippen molar-refractivity contribution in [1.29, 1.82) is 0 Å². The number of aryl methyl sites for hydroxylation is 1. The van der Waals surface area contributed by atoms with Crippen molar-refractivity contribution in [1.82, 2.24) is 0 Å². The van der Waals surface area contributed by atoms with Gasteiger partial charge in [-0.05, 0) is 55.5 Å². The van der Waals surface area contributed by atoms with Crippen LogP contribution in [0, 0.1) is 6.92 Å². The molecule has 0 fully saturated rings. The van der Waals surface area contributed by atoms with E-state index in [9.17, 15) is 9.59 Å². The number of hydrogen-bond acceptors (Lipinski definition) is 4. The molecule has 0 aliphatic rings. The van der Waals surface area contributed by atoms with Gasteiger partial charge in [-0.25, -0.2) is 0 Å². The molecule has 0 atom stereocenters. The molecule has 6 heteroatoms. The van der Waals surface area contributed by atoms with Crippen LogP contribution in [-0.2, 0) is 5.75 Å². The first-order chi connectivity index (χ1) is 16.9. The first kappa shape index (κ1) is 24.6. The third-order valence-corrected chi connectivity index (χ3v) is 6.76. The number of ketones is 1. The molecule has 0 spiro atoms. The van der Waals surface area contributed by atoms with Crippen molar-refractivity contribution in [2.45, 2.75) is 17.6 Å². The van der Waals surface area contributed by atoms with Crippen molar-refractivity contribution in [3.05, 3.63) is 124 Å². The second kappa shape index (κ2) is 11.3. The Morgan fingerprint density at radius 3 is 2.34 bits per heavy atom. The van der Waals surface area contributed by atoms with Gasteiger partial charge in [-0.3, -0.25) is 9.59 Å². The fraction of sp³-hybridized carbons (Fsp3) is 0.103. The van der Waals surface area contributed by atoms with Gasteiger partial charge >= 0.3 is 0 Å². The molecule has 4 aromatic rings. The molecule has 1 amide bonds. The highest BCUT2D eigenvalue weighted by molar-refractivity contribution is 7.98. The number of amides is 1. The van der Waals surface area contributed by atoms with E-state index in [1.54, 1.807) is 73.5 Å². The Kier molecular flexibility index (Phi) is 7.91. The number of anilines is 1. The quantitative estimate of drug-likeness (QED) is 0.201. The molecule has 4 nitrogen and oxygen atoms in total. The second-order valence-electron chi connectivity index (χ2n) is 7.97. The van der Waals surface area contributed by atoms with E-state index >= 15 is 0 Å². The van der Waals surface area contributed by atoms with Gasteiger partial charge in [-0.2, -0.15) is 0 Å². The number of carbonyl (C=O) groups excluding carboxylic acids is 2. The lowest BCUT2D eigenvalue weighted by atomic mass is 10.0. The lowest BCUT2D eigenvalue weighted by molar-refractivity contribution is 0.102. The number of carbonyl (C=O) groups is 2. The zero-order valence-electron chi connectivity index (χ0n) is 19.4. The van der Waals surface area contributed by atoms with Gasteiger partial charge in [0.05, 0.1) is 12.8 Å². The Hall–Kier alpha value is -3.54. The maximum atomic E-state index is 13.2. The van der Waals surface area contributed by atoms with Gasteiger partial charge in [0.1, 0.15) is 5.75 Å². The lowest BCUT2D eigenvalue weighted by Crippen LogP contribution is -2.15. The molecule has 0 unspecified atom stereocenters. The molecular formula is C29H24ClNO3S. The highest BCUT2D eigenvalue weighted by atomic mass is 35.5. The second-order valence-corrected chi connectivity index (χ2v) is 9.45. The molecule has 0 heterocycles. The van der Waals surface area contributed by atoms with Crippen LogP contribution in [0.2, 0.25) is 5.02 Å². The predicted octanol–water partition coefficient (Wildman–Crippen LogP) is 7.43. The van der Waals surface area contributed by atoms with Crippen molar-refractivity contribution in [2.24, 2.45) is 0 Å². The van der Waals surface area contributed by atoms with E-state index in [0.717, 1.165) is 10.5 Å². The van der Waals surface area contributed by atoms with Crippen LogP contribution in [0.4, 0.5) is 5.69 Å². The minimum atomic E-state index is -0.321. The van der Waals surface area contributed by atoms with Crippen LogP contribution in [-0.4, -0.2) is 18.8 Å². The number of thioether (sulfide) groups is 1. The Morgan fingerprint density at radius 2 is 1.63 bits per heavy atom. The molecule has 0 bridgehead atoms. The van der Waals surface area contributed by atoms with Crippen molar-refractivity contribution in [3.8, 4) is 5.75 Å². The molecule has 0 aromatic heterocycles. The normalized spacial score (nSPS) is 10.6. The Morgan fingerprint density at radius 1 is 0.886 bits per heavy atom. The molecule has 0 aliphatic heterocycles. The molecule has 176 valence electrons. The van der Waals surface area contributed by atoms with Crippen molar-refractivity contribution in [2.75, 3.05) is 12.4 Å². The monoisotopic (exact) mass is 501 g/mol. The summed E-state index contributed by atoms with van der Waals surface area (Å²) in [6.07, 6.45) is 0. The van der Waals surface area contributed by atoms with Crippen molar-refractivity contribution < 1.29 is 14.3 Å². The average Bonchev–Trinajstić information content (AvgIpc) is 2.89. The van der Waals surface area contributed by atoms with E-state index in [-0.39, 0.29) is 11.7 Å². The highest BCUT2D eigenvalue weighted by Gasteiger charge is 2.18. The summed E-state index contributed by atoms with van der Waals surface area (Å²) in [6, 6.07) is 27.4. The van der Waals surface area contributed by atoms with Gasteiger partial charge in [0.25, 0.3) is 5.91 Å². The number of methoxy groups -OCH3 is 1. The standard InChI is InChI=1S/C29H24ClNO3S/c1-19-8-12-24(13-9-19)35-18-22-16-21(10-15-27(22)34-2)29(33)31-26-14-11-23(30)17-25(26)28(32)20-6-4-3-5-7-20/h3-17H,18H2,1-2H3,(H,31,33). The Balaban J connectivity index is 1.57. The number of halogens is 1. The summed E-state index contributed by atoms with van der Waals surface area (Å²) in [7, 11) is 1.62. The molecule has 4 rings (SSSR count). The van der Waals surface area contributed by atoms with Crippen LogP contribution in [0.3, 0.4) is 0 Å². The molecule has 4 aromatic carbocycles. The fourth-order valence-electron chi connectivity index (χ4n) is 3.58. The molecule has 0 aliphatic carbocycles. The third-order valence-electron chi connectivity index (χ3n) is 5.47. The van der Waals surface area contributed by atoms with E-state index < -0.39 is 0 Å². The van der Waals surface area contributed by atoms with E-state index in [1.165, 1.54) is 5.56 Å². The van der Waals surface area contributed by atoms with E-state index in [0.29, 0.717) is 38.9 Å². The van der Waals surface area contributed by atoms with E-state index in [1.807, 2.05) is 12.1 Å². The summed E-state index contributed by atoms with van der Waals surface area (Å²) < 4.78 is 5.51. The van der Waals surface area contributed by atoms with Crippen LogP contribution in [0.25, 0.3) is 0 Å². The van der Waals surface area contributed by atoms with Crippen LogP contribution >= 0.6 is 23.4 Å². The molecule has 35 heavy (non-hydrogen) atoms. The van der Waals surface area contributed by atoms with Gasteiger partial charge in [-0.1, -0.05) is 59.6 Å². The number of hydrogen-bond donors (Lipinski definition) is 1. The first-order valence-electron chi connectivity index (χ1n) is 11.0. The maximum absolute atomic E-state index is 13.2. The van der Waals surface area contributed by atoms with Gasteiger partial charge in [-0.15, -0.1) is 11.8 Å². The minimum Gasteiger partial charge on any atom is -0.496 e. The molecule has 1 N–H and O–H groups in total. The Bertz CT molecular complexity index is 1350. The summed E-state index contributed by atoms with van der Waals surface area (Å²) >= 11 is 7.84. The smallest absolute Gasteiger partial charge is 0.255 e. The maximum Gasteiger partial charge on any atom is 0.255 e. The minimum absolute atomic E-state index is 0.215. The van der Waals surface area contributed by atoms with Crippen molar-refractivity contribution >= 4 is 40.7 Å². The van der Waals surface area contributed by atoms with Gasteiger partial charge < -0.3 is 10.1 Å². The summed E-state index contributed by atoms with van der Waals surface area (Å²) in [5.74, 6) is 0.825.